The fourth-order valence-electron chi connectivity index (χ4n) is 1.82. The van der Waals surface area contributed by atoms with E-state index in [4.69, 9.17) is 10.5 Å². The highest BCUT2D eigenvalue weighted by atomic mass is 19.2. The zero-order chi connectivity index (χ0) is 16.2. The van der Waals surface area contributed by atoms with Gasteiger partial charge in [0.2, 0.25) is 0 Å². The summed E-state index contributed by atoms with van der Waals surface area (Å²) in [5.41, 5.74) is 5.09. The molecule has 3 N–H and O–H groups in total. The highest BCUT2D eigenvalue weighted by Gasteiger charge is 2.20. The molecule has 21 heavy (non-hydrogen) atoms. The molecule has 1 atom stereocenters. The van der Waals surface area contributed by atoms with E-state index in [2.05, 4.69) is 5.32 Å². The SMILES string of the molecule is CC(CCN)c1cc(F)c(F)c(NC(=O)OC(C)(C)C)c1. The van der Waals surface area contributed by atoms with Crippen LogP contribution in [0.25, 0.3) is 0 Å². The lowest BCUT2D eigenvalue weighted by atomic mass is 9.97. The van der Waals surface area contributed by atoms with Gasteiger partial charge in [-0.3, -0.25) is 5.32 Å². The van der Waals surface area contributed by atoms with Crippen LogP contribution in [0.1, 0.15) is 45.6 Å². The molecule has 6 heteroatoms. The fraction of sp³-hybridized carbons (Fsp3) is 0.533. The lowest BCUT2D eigenvalue weighted by Crippen LogP contribution is -2.27. The van der Waals surface area contributed by atoms with Crippen LogP contribution < -0.4 is 11.1 Å². The topological polar surface area (TPSA) is 64.3 Å². The van der Waals surface area contributed by atoms with Crippen molar-refractivity contribution in [3.8, 4) is 0 Å². The molecule has 0 heterocycles. The van der Waals surface area contributed by atoms with E-state index in [1.54, 1.807) is 20.8 Å². The second-order valence-electron chi connectivity index (χ2n) is 5.97. The molecular weight excluding hydrogens is 278 g/mol. The summed E-state index contributed by atoms with van der Waals surface area (Å²) in [6.07, 6.45) is -0.193. The molecule has 0 saturated heterocycles. The van der Waals surface area contributed by atoms with Crippen LogP contribution in [0, 0.1) is 11.6 Å². The molecule has 0 aliphatic carbocycles. The minimum Gasteiger partial charge on any atom is -0.444 e. The highest BCUT2D eigenvalue weighted by Crippen LogP contribution is 2.26. The molecule has 0 aliphatic rings. The van der Waals surface area contributed by atoms with E-state index in [1.807, 2.05) is 6.92 Å². The zero-order valence-electron chi connectivity index (χ0n) is 12.8. The molecular formula is C15H22F2N2O2. The summed E-state index contributed by atoms with van der Waals surface area (Å²) in [7, 11) is 0. The van der Waals surface area contributed by atoms with Gasteiger partial charge in [0.05, 0.1) is 5.69 Å². The predicted octanol–water partition coefficient (Wildman–Crippen LogP) is 3.76. The van der Waals surface area contributed by atoms with Crippen molar-refractivity contribution in [2.75, 3.05) is 11.9 Å². The van der Waals surface area contributed by atoms with E-state index in [0.717, 1.165) is 6.07 Å². The van der Waals surface area contributed by atoms with Crippen molar-refractivity contribution < 1.29 is 18.3 Å². The number of hydrogen-bond acceptors (Lipinski definition) is 3. The zero-order valence-corrected chi connectivity index (χ0v) is 12.8. The molecule has 1 aromatic rings. The van der Waals surface area contributed by atoms with Crippen molar-refractivity contribution >= 4 is 11.8 Å². The normalized spacial score (nSPS) is 12.9. The number of halogens is 2. The second kappa shape index (κ2) is 6.85. The monoisotopic (exact) mass is 300 g/mol. The first-order chi connectivity index (χ1) is 9.64. The van der Waals surface area contributed by atoms with E-state index < -0.39 is 23.3 Å². The van der Waals surface area contributed by atoms with E-state index >= 15 is 0 Å². The minimum atomic E-state index is -1.11. The maximum absolute atomic E-state index is 13.8. The molecule has 0 fully saturated rings. The molecule has 0 saturated carbocycles. The van der Waals surface area contributed by atoms with E-state index in [-0.39, 0.29) is 11.6 Å². The van der Waals surface area contributed by atoms with Gasteiger partial charge in [0.15, 0.2) is 11.6 Å². The number of benzene rings is 1. The highest BCUT2D eigenvalue weighted by molar-refractivity contribution is 5.85. The van der Waals surface area contributed by atoms with E-state index in [1.165, 1.54) is 6.07 Å². The largest absolute Gasteiger partial charge is 0.444 e. The number of nitrogens with two attached hydrogens (primary N) is 1. The van der Waals surface area contributed by atoms with Gasteiger partial charge in [0.1, 0.15) is 5.60 Å². The van der Waals surface area contributed by atoms with Gasteiger partial charge in [0.25, 0.3) is 0 Å². The molecule has 1 unspecified atom stereocenters. The fourth-order valence-corrected chi connectivity index (χ4v) is 1.82. The summed E-state index contributed by atoms with van der Waals surface area (Å²) in [5.74, 6) is -2.16. The smallest absolute Gasteiger partial charge is 0.412 e. The third-order valence-corrected chi connectivity index (χ3v) is 2.85. The Morgan fingerprint density at radius 3 is 2.52 bits per heavy atom. The van der Waals surface area contributed by atoms with Crippen molar-refractivity contribution in [3.05, 3.63) is 29.3 Å². The summed E-state index contributed by atoms with van der Waals surface area (Å²) >= 11 is 0. The average Bonchev–Trinajstić information content (AvgIpc) is 2.32. The van der Waals surface area contributed by atoms with Crippen molar-refractivity contribution in [3.63, 3.8) is 0 Å². The lowest BCUT2D eigenvalue weighted by molar-refractivity contribution is 0.0635. The van der Waals surface area contributed by atoms with Gasteiger partial charge >= 0.3 is 6.09 Å². The van der Waals surface area contributed by atoms with Crippen LogP contribution in [-0.2, 0) is 4.74 Å². The van der Waals surface area contributed by atoms with Gasteiger partial charge in [-0.25, -0.2) is 13.6 Å². The number of hydrogen-bond donors (Lipinski definition) is 2. The first-order valence-corrected chi connectivity index (χ1v) is 6.83. The van der Waals surface area contributed by atoms with Crippen molar-refractivity contribution in [2.45, 2.75) is 45.6 Å². The van der Waals surface area contributed by atoms with Gasteiger partial charge in [0, 0.05) is 0 Å². The third kappa shape index (κ3) is 5.30. The summed E-state index contributed by atoms with van der Waals surface area (Å²) in [6, 6.07) is 2.53. The van der Waals surface area contributed by atoms with Crippen LogP contribution in [0.4, 0.5) is 19.3 Å². The molecule has 0 radical (unpaired) electrons. The van der Waals surface area contributed by atoms with E-state index in [0.29, 0.717) is 18.5 Å². The van der Waals surface area contributed by atoms with Crippen LogP contribution in [0.2, 0.25) is 0 Å². The Balaban J connectivity index is 2.98. The molecule has 1 aromatic carbocycles. The molecule has 1 rings (SSSR count). The van der Waals surface area contributed by atoms with Crippen molar-refractivity contribution in [1.82, 2.24) is 0 Å². The molecule has 1 amide bonds. The predicted molar refractivity (Wildman–Crippen MR) is 78.3 cm³/mol. The van der Waals surface area contributed by atoms with Crippen LogP contribution in [0.3, 0.4) is 0 Å². The van der Waals surface area contributed by atoms with Crippen molar-refractivity contribution in [2.24, 2.45) is 5.73 Å². The number of nitrogens with one attached hydrogen (secondary N) is 1. The number of rotatable bonds is 4. The average molecular weight is 300 g/mol. The number of carbonyl (C=O) groups excluding carboxylic acids is 1. The van der Waals surface area contributed by atoms with Crippen molar-refractivity contribution in [1.29, 1.82) is 0 Å². The molecule has 118 valence electrons. The number of anilines is 1. The lowest BCUT2D eigenvalue weighted by Gasteiger charge is -2.20. The number of carbonyl (C=O) groups is 1. The summed E-state index contributed by atoms with van der Waals surface area (Å²) < 4.78 is 32.4. The van der Waals surface area contributed by atoms with Crippen LogP contribution in [-0.4, -0.2) is 18.2 Å². The molecule has 0 aliphatic heterocycles. The maximum atomic E-state index is 13.8. The molecule has 0 aromatic heterocycles. The van der Waals surface area contributed by atoms with Crippen LogP contribution in [0.15, 0.2) is 12.1 Å². The summed E-state index contributed by atoms with van der Waals surface area (Å²) in [5, 5.41) is 2.24. The quantitative estimate of drug-likeness (QED) is 0.889. The minimum absolute atomic E-state index is 0.0377. The summed E-state index contributed by atoms with van der Waals surface area (Å²) in [4.78, 5) is 11.7. The maximum Gasteiger partial charge on any atom is 0.412 e. The first kappa shape index (κ1) is 17.4. The molecule has 0 bridgehead atoms. The van der Waals surface area contributed by atoms with Crippen LogP contribution in [0.5, 0.6) is 0 Å². The van der Waals surface area contributed by atoms with Gasteiger partial charge in [-0.2, -0.15) is 0 Å². The van der Waals surface area contributed by atoms with Gasteiger partial charge < -0.3 is 10.5 Å². The molecule has 4 nitrogen and oxygen atoms in total. The Kier molecular flexibility index (Phi) is 5.66. The van der Waals surface area contributed by atoms with Gasteiger partial charge in [-0.15, -0.1) is 0 Å². The first-order valence-electron chi connectivity index (χ1n) is 6.83. The Morgan fingerprint density at radius 1 is 1.38 bits per heavy atom. The Hall–Kier alpha value is -1.69. The Labute approximate surface area is 123 Å². The van der Waals surface area contributed by atoms with Crippen LogP contribution >= 0.6 is 0 Å². The second-order valence-corrected chi connectivity index (χ2v) is 5.97. The standard InChI is InChI=1S/C15H22F2N2O2/c1-9(5-6-18)10-7-11(16)13(17)12(8-10)19-14(20)21-15(2,3)4/h7-9H,5-6,18H2,1-4H3,(H,19,20). The third-order valence-electron chi connectivity index (χ3n) is 2.85. The number of ether oxygens (including phenoxy) is 1. The molecule has 0 spiro atoms. The van der Waals surface area contributed by atoms with Gasteiger partial charge in [-0.05, 0) is 57.4 Å². The van der Waals surface area contributed by atoms with E-state index in [9.17, 15) is 13.6 Å². The Morgan fingerprint density at radius 2 is 2.00 bits per heavy atom. The van der Waals surface area contributed by atoms with Gasteiger partial charge in [-0.1, -0.05) is 6.92 Å². The summed E-state index contributed by atoms with van der Waals surface area (Å²) in [6.45, 7) is 7.35. The number of amides is 1. The Bertz CT molecular complexity index is 513.